The molecule has 0 unspecified atom stereocenters. The minimum Gasteiger partial charge on any atom is -0.389 e. The highest BCUT2D eigenvalue weighted by Gasteiger charge is 2.15. The maximum absolute atomic E-state index is 12.3. The first kappa shape index (κ1) is 14.4. The van der Waals surface area contributed by atoms with Crippen molar-refractivity contribution < 1.29 is 8.42 Å². The van der Waals surface area contributed by atoms with Crippen molar-refractivity contribution in [2.24, 2.45) is 5.73 Å². The Morgan fingerprint density at radius 2 is 2.05 bits per heavy atom. The van der Waals surface area contributed by atoms with E-state index in [2.05, 4.69) is 9.71 Å². The van der Waals surface area contributed by atoms with Crippen LogP contribution in [0.3, 0.4) is 0 Å². The van der Waals surface area contributed by atoms with Crippen molar-refractivity contribution in [1.82, 2.24) is 4.98 Å². The van der Waals surface area contributed by atoms with E-state index in [1.807, 2.05) is 6.92 Å². The van der Waals surface area contributed by atoms with Gasteiger partial charge in [-0.1, -0.05) is 24.4 Å². The fourth-order valence-corrected chi connectivity index (χ4v) is 2.78. The van der Waals surface area contributed by atoms with Gasteiger partial charge >= 0.3 is 0 Å². The molecule has 1 heterocycles. The van der Waals surface area contributed by atoms with Gasteiger partial charge in [0.05, 0.1) is 4.90 Å². The van der Waals surface area contributed by atoms with E-state index >= 15 is 0 Å². The summed E-state index contributed by atoms with van der Waals surface area (Å²) in [6.45, 7) is 1.85. The quantitative estimate of drug-likeness (QED) is 0.842. The number of nitrogens with zero attached hydrogens (tertiary/aromatic N) is 1. The maximum atomic E-state index is 12.3. The Labute approximate surface area is 122 Å². The monoisotopic (exact) mass is 307 g/mol. The number of thiocarbonyl (C=S) groups is 1. The first-order valence-corrected chi connectivity index (χ1v) is 7.63. The number of pyridine rings is 1. The first-order chi connectivity index (χ1) is 9.38. The van der Waals surface area contributed by atoms with Crippen LogP contribution in [-0.2, 0) is 10.0 Å². The van der Waals surface area contributed by atoms with Crippen LogP contribution >= 0.6 is 12.2 Å². The summed E-state index contributed by atoms with van der Waals surface area (Å²) in [4.78, 5) is 4.20. The highest BCUT2D eigenvalue weighted by Crippen LogP contribution is 2.16. The number of aromatic nitrogens is 1. The van der Waals surface area contributed by atoms with Gasteiger partial charge in [0.25, 0.3) is 10.0 Å². The van der Waals surface area contributed by atoms with Crippen molar-refractivity contribution in [1.29, 1.82) is 0 Å². The molecule has 7 heteroatoms. The van der Waals surface area contributed by atoms with Gasteiger partial charge in [0, 0.05) is 11.8 Å². The Morgan fingerprint density at radius 1 is 1.30 bits per heavy atom. The Kier molecular flexibility index (Phi) is 4.01. The van der Waals surface area contributed by atoms with Crippen LogP contribution in [0.5, 0.6) is 0 Å². The smallest absolute Gasteiger partial charge is 0.263 e. The fourth-order valence-electron chi connectivity index (χ4n) is 1.61. The SMILES string of the molecule is Cc1ccnc(NS(=O)(=O)c2cccc(C(N)=S)c2)c1. The molecule has 0 amide bonds. The number of nitrogens with one attached hydrogen (secondary N) is 1. The Balaban J connectivity index is 2.35. The van der Waals surface area contributed by atoms with Crippen LogP contribution < -0.4 is 10.5 Å². The van der Waals surface area contributed by atoms with Gasteiger partial charge in [-0.25, -0.2) is 13.4 Å². The van der Waals surface area contributed by atoms with Gasteiger partial charge in [0.1, 0.15) is 10.8 Å². The van der Waals surface area contributed by atoms with Crippen LogP contribution in [-0.4, -0.2) is 18.4 Å². The predicted octanol–water partition coefficient (Wildman–Crippen LogP) is 1.83. The van der Waals surface area contributed by atoms with E-state index in [-0.39, 0.29) is 15.7 Å². The molecule has 3 N–H and O–H groups in total. The topological polar surface area (TPSA) is 85.1 Å². The standard InChI is InChI=1S/C13H13N3O2S2/c1-9-5-6-15-12(7-9)16-20(17,18)11-4-2-3-10(8-11)13(14)19/h2-8H,1H3,(H2,14,19)(H,15,16). The summed E-state index contributed by atoms with van der Waals surface area (Å²) in [6.07, 6.45) is 1.54. The summed E-state index contributed by atoms with van der Waals surface area (Å²) < 4.78 is 26.9. The third-order valence-corrected chi connectivity index (χ3v) is 4.17. The number of nitrogens with two attached hydrogens (primary N) is 1. The molecule has 2 aromatic rings. The lowest BCUT2D eigenvalue weighted by Gasteiger charge is -2.08. The minimum atomic E-state index is -3.71. The van der Waals surface area contributed by atoms with E-state index in [0.29, 0.717) is 5.56 Å². The zero-order valence-corrected chi connectivity index (χ0v) is 12.3. The molecule has 20 heavy (non-hydrogen) atoms. The van der Waals surface area contributed by atoms with Crippen LogP contribution in [0.15, 0.2) is 47.5 Å². The van der Waals surface area contributed by atoms with Gasteiger partial charge in [0.2, 0.25) is 0 Å². The summed E-state index contributed by atoms with van der Waals surface area (Å²) in [5, 5.41) is 0. The second-order valence-electron chi connectivity index (χ2n) is 4.22. The lowest BCUT2D eigenvalue weighted by molar-refractivity contribution is 0.601. The number of hydrogen-bond acceptors (Lipinski definition) is 4. The molecule has 0 fully saturated rings. The third kappa shape index (κ3) is 3.31. The first-order valence-electron chi connectivity index (χ1n) is 5.74. The molecule has 1 aromatic carbocycles. The van der Waals surface area contributed by atoms with Crippen LogP contribution in [0.4, 0.5) is 5.82 Å². The third-order valence-electron chi connectivity index (χ3n) is 2.58. The molecular weight excluding hydrogens is 294 g/mol. The number of rotatable bonds is 4. The van der Waals surface area contributed by atoms with E-state index in [1.54, 1.807) is 30.5 Å². The normalized spacial score (nSPS) is 11.1. The zero-order chi connectivity index (χ0) is 14.8. The van der Waals surface area contributed by atoms with Crippen molar-refractivity contribution in [3.05, 3.63) is 53.7 Å². The lowest BCUT2D eigenvalue weighted by Crippen LogP contribution is -2.16. The van der Waals surface area contributed by atoms with Gasteiger partial charge in [0.15, 0.2) is 0 Å². The molecule has 0 bridgehead atoms. The highest BCUT2D eigenvalue weighted by molar-refractivity contribution is 7.92. The number of aryl methyl sites for hydroxylation is 1. The number of anilines is 1. The van der Waals surface area contributed by atoms with Gasteiger partial charge < -0.3 is 5.73 Å². The molecule has 0 spiro atoms. The molecule has 104 valence electrons. The molecule has 0 saturated heterocycles. The summed E-state index contributed by atoms with van der Waals surface area (Å²) >= 11 is 4.84. The van der Waals surface area contributed by atoms with E-state index in [0.717, 1.165) is 5.56 Å². The van der Waals surface area contributed by atoms with Crippen LogP contribution in [0.25, 0.3) is 0 Å². The summed E-state index contributed by atoms with van der Waals surface area (Å²) in [5.41, 5.74) is 6.91. The van der Waals surface area contributed by atoms with Gasteiger partial charge in [-0.3, -0.25) is 4.72 Å². The Morgan fingerprint density at radius 3 is 2.70 bits per heavy atom. The summed E-state index contributed by atoms with van der Waals surface area (Å²) in [5.74, 6) is 0.269. The summed E-state index contributed by atoms with van der Waals surface area (Å²) in [6, 6.07) is 9.58. The predicted molar refractivity (Wildman–Crippen MR) is 82.1 cm³/mol. The van der Waals surface area contributed by atoms with Crippen LogP contribution in [0, 0.1) is 6.92 Å². The maximum Gasteiger partial charge on any atom is 0.263 e. The lowest BCUT2D eigenvalue weighted by atomic mass is 10.2. The number of sulfonamides is 1. The van der Waals surface area contributed by atoms with E-state index in [4.69, 9.17) is 18.0 Å². The summed E-state index contributed by atoms with van der Waals surface area (Å²) in [7, 11) is -3.71. The molecule has 0 saturated carbocycles. The van der Waals surface area contributed by atoms with Crippen molar-refractivity contribution in [3.63, 3.8) is 0 Å². The van der Waals surface area contributed by atoms with Crippen molar-refractivity contribution in [2.45, 2.75) is 11.8 Å². The van der Waals surface area contributed by atoms with Gasteiger partial charge in [-0.05, 0) is 36.8 Å². The largest absolute Gasteiger partial charge is 0.389 e. The Hall–Kier alpha value is -1.99. The van der Waals surface area contributed by atoms with E-state index in [9.17, 15) is 8.42 Å². The molecule has 0 aliphatic carbocycles. The molecular formula is C13H13N3O2S2. The Bertz CT molecular complexity index is 758. The fraction of sp³-hybridized carbons (Fsp3) is 0.0769. The van der Waals surface area contributed by atoms with E-state index < -0.39 is 10.0 Å². The second kappa shape index (κ2) is 5.56. The highest BCUT2D eigenvalue weighted by atomic mass is 32.2. The minimum absolute atomic E-state index is 0.0890. The molecule has 0 aliphatic heterocycles. The van der Waals surface area contributed by atoms with Crippen LogP contribution in [0.2, 0.25) is 0 Å². The van der Waals surface area contributed by atoms with Crippen molar-refractivity contribution >= 4 is 33.0 Å². The van der Waals surface area contributed by atoms with Gasteiger partial charge in [-0.2, -0.15) is 0 Å². The molecule has 5 nitrogen and oxygen atoms in total. The van der Waals surface area contributed by atoms with Crippen molar-refractivity contribution in [3.8, 4) is 0 Å². The molecule has 1 aromatic heterocycles. The molecule has 0 radical (unpaired) electrons. The molecule has 0 atom stereocenters. The molecule has 2 rings (SSSR count). The number of hydrogen-bond donors (Lipinski definition) is 2. The van der Waals surface area contributed by atoms with Crippen LogP contribution in [0.1, 0.15) is 11.1 Å². The van der Waals surface area contributed by atoms with E-state index in [1.165, 1.54) is 12.1 Å². The zero-order valence-electron chi connectivity index (χ0n) is 10.7. The molecule has 0 aliphatic rings. The average molecular weight is 307 g/mol. The average Bonchev–Trinajstić information content (AvgIpc) is 2.38. The number of benzene rings is 1. The second-order valence-corrected chi connectivity index (χ2v) is 6.34. The van der Waals surface area contributed by atoms with Gasteiger partial charge in [-0.15, -0.1) is 0 Å². The van der Waals surface area contributed by atoms with Crippen molar-refractivity contribution in [2.75, 3.05) is 4.72 Å².